The van der Waals surface area contributed by atoms with Gasteiger partial charge in [-0.15, -0.1) is 0 Å². The Morgan fingerprint density at radius 2 is 1.35 bits per heavy atom. The molecule has 0 aliphatic rings. The number of allylic oxidation sites excluding steroid dienone is 4. The zero-order valence-corrected chi connectivity index (χ0v) is 13.2. The molecule has 0 bridgehead atoms. The summed E-state index contributed by atoms with van der Waals surface area (Å²) in [5.41, 5.74) is 0. The summed E-state index contributed by atoms with van der Waals surface area (Å²) >= 11 is 0. The molecule has 0 saturated carbocycles. The van der Waals surface area contributed by atoms with Crippen LogP contribution in [0.5, 0.6) is 0 Å². The summed E-state index contributed by atoms with van der Waals surface area (Å²) in [4.78, 5) is 10.3. The molecule has 0 aromatic carbocycles. The van der Waals surface area contributed by atoms with Crippen molar-refractivity contribution in [3.05, 3.63) is 24.3 Å². The van der Waals surface area contributed by atoms with Crippen LogP contribution in [0, 0.1) is 0 Å². The molecule has 2 heteroatoms. The topological polar surface area (TPSA) is 37.3 Å². The van der Waals surface area contributed by atoms with E-state index in [-0.39, 0.29) is 0 Å². The van der Waals surface area contributed by atoms with E-state index in [1.807, 2.05) is 0 Å². The molecule has 0 aliphatic carbocycles. The van der Waals surface area contributed by atoms with Gasteiger partial charge in [-0.2, -0.15) is 0 Å². The van der Waals surface area contributed by atoms with Crippen LogP contribution in [0.4, 0.5) is 0 Å². The Labute approximate surface area is 125 Å². The zero-order valence-electron chi connectivity index (χ0n) is 13.2. The van der Waals surface area contributed by atoms with Gasteiger partial charge in [0.2, 0.25) is 0 Å². The van der Waals surface area contributed by atoms with Gasteiger partial charge >= 0.3 is 5.97 Å². The third-order valence-electron chi connectivity index (χ3n) is 3.34. The number of hydrogen-bond donors (Lipinski definition) is 1. The fourth-order valence-electron chi connectivity index (χ4n) is 2.09. The van der Waals surface area contributed by atoms with Crippen LogP contribution in [0.1, 0.15) is 84.0 Å². The third-order valence-corrected chi connectivity index (χ3v) is 3.34. The van der Waals surface area contributed by atoms with Crippen LogP contribution >= 0.6 is 0 Å². The van der Waals surface area contributed by atoms with Crippen LogP contribution in [-0.4, -0.2) is 11.1 Å². The fourth-order valence-corrected chi connectivity index (χ4v) is 2.09. The van der Waals surface area contributed by atoms with Gasteiger partial charge in [0.25, 0.3) is 0 Å². The second-order valence-electron chi connectivity index (χ2n) is 5.37. The molecule has 0 aliphatic heterocycles. The predicted molar refractivity (Wildman–Crippen MR) is 87.0 cm³/mol. The summed E-state index contributed by atoms with van der Waals surface area (Å²) in [6, 6.07) is 0. The highest BCUT2D eigenvalue weighted by Crippen LogP contribution is 2.07. The van der Waals surface area contributed by atoms with Crippen molar-refractivity contribution in [3.63, 3.8) is 0 Å². The average molecular weight is 280 g/mol. The lowest BCUT2D eigenvalue weighted by Crippen LogP contribution is -1.92. The molecule has 0 rings (SSSR count). The average Bonchev–Trinajstić information content (AvgIpc) is 2.43. The minimum atomic E-state index is -0.688. The summed E-state index contributed by atoms with van der Waals surface area (Å²) in [5, 5.41) is 8.49. The second-order valence-corrected chi connectivity index (χ2v) is 5.37. The molecule has 2 nitrogen and oxygen atoms in total. The summed E-state index contributed by atoms with van der Waals surface area (Å²) in [6.07, 6.45) is 22.3. The van der Waals surface area contributed by atoms with Crippen LogP contribution in [-0.2, 0) is 4.79 Å². The van der Waals surface area contributed by atoms with Crippen LogP contribution in [0.2, 0.25) is 0 Å². The molecule has 0 aromatic rings. The van der Waals surface area contributed by atoms with E-state index in [0.717, 1.165) is 25.7 Å². The van der Waals surface area contributed by atoms with Crippen molar-refractivity contribution in [1.29, 1.82) is 0 Å². The zero-order chi connectivity index (χ0) is 14.9. The van der Waals surface area contributed by atoms with Gasteiger partial charge in [0.15, 0.2) is 0 Å². The minimum Gasteiger partial charge on any atom is -0.481 e. The lowest BCUT2D eigenvalue weighted by Gasteiger charge is -1.97. The van der Waals surface area contributed by atoms with Gasteiger partial charge in [-0.3, -0.25) is 4.79 Å². The largest absolute Gasteiger partial charge is 0.481 e. The lowest BCUT2D eigenvalue weighted by atomic mass is 10.1. The Bertz CT molecular complexity index is 267. The Hall–Kier alpha value is -1.05. The minimum absolute atomic E-state index is 0.298. The first kappa shape index (κ1) is 18.9. The highest BCUT2D eigenvalue weighted by molar-refractivity contribution is 5.66. The highest BCUT2D eigenvalue weighted by atomic mass is 16.4. The Morgan fingerprint density at radius 1 is 0.800 bits per heavy atom. The summed E-state index contributed by atoms with van der Waals surface area (Å²) < 4.78 is 0. The van der Waals surface area contributed by atoms with Gasteiger partial charge < -0.3 is 5.11 Å². The predicted octanol–water partition coefficient (Wildman–Crippen LogP) is 5.88. The lowest BCUT2D eigenvalue weighted by molar-refractivity contribution is -0.137. The molecular formula is C18H32O2. The normalized spacial score (nSPS) is 11.7. The van der Waals surface area contributed by atoms with Crippen LogP contribution in [0.15, 0.2) is 24.3 Å². The smallest absolute Gasteiger partial charge is 0.303 e. The monoisotopic (exact) mass is 280 g/mol. The number of carboxylic acids is 1. The van der Waals surface area contributed by atoms with E-state index in [2.05, 4.69) is 31.2 Å². The van der Waals surface area contributed by atoms with E-state index in [1.165, 1.54) is 44.9 Å². The van der Waals surface area contributed by atoms with Crippen molar-refractivity contribution in [2.24, 2.45) is 0 Å². The second kappa shape index (κ2) is 16.0. The maximum absolute atomic E-state index is 10.3. The molecule has 0 aromatic heterocycles. The number of carboxylic acid groups (broad SMARTS) is 1. The van der Waals surface area contributed by atoms with E-state index in [9.17, 15) is 4.79 Å². The van der Waals surface area contributed by atoms with E-state index in [4.69, 9.17) is 5.11 Å². The first-order chi connectivity index (χ1) is 9.77. The maximum atomic E-state index is 10.3. The summed E-state index contributed by atoms with van der Waals surface area (Å²) in [6.45, 7) is 2.25. The van der Waals surface area contributed by atoms with Crippen molar-refractivity contribution in [3.8, 4) is 0 Å². The SMILES string of the molecule is CCCCCCCCC=CC/C=C\CCCCC(=O)O. The fraction of sp³-hybridized carbons (Fsp3) is 0.722. The molecule has 0 unspecified atom stereocenters. The molecule has 0 saturated heterocycles. The summed E-state index contributed by atoms with van der Waals surface area (Å²) in [5.74, 6) is -0.688. The molecule has 0 fully saturated rings. The standard InChI is InChI=1S/C18H32O2/c1-2-3-4-5-6-7-8-9-10-11-12-13-14-15-16-17-18(19)20/h9-10,12-13H,2-8,11,14-17H2,1H3,(H,19,20)/b10-9?,13-12-. The van der Waals surface area contributed by atoms with Crippen molar-refractivity contribution in [2.45, 2.75) is 84.0 Å². The Balaban J connectivity index is 3.20. The molecule has 1 N–H and O–H groups in total. The Kier molecular flexibility index (Phi) is 15.2. The van der Waals surface area contributed by atoms with Gasteiger partial charge in [0.05, 0.1) is 0 Å². The number of unbranched alkanes of at least 4 members (excludes halogenated alkanes) is 8. The number of hydrogen-bond acceptors (Lipinski definition) is 1. The number of carbonyl (C=O) groups is 1. The van der Waals surface area contributed by atoms with Crippen LogP contribution < -0.4 is 0 Å². The van der Waals surface area contributed by atoms with Crippen molar-refractivity contribution in [2.75, 3.05) is 0 Å². The van der Waals surface area contributed by atoms with Crippen molar-refractivity contribution >= 4 is 5.97 Å². The molecular weight excluding hydrogens is 248 g/mol. The molecule has 0 atom stereocenters. The molecule has 0 amide bonds. The Morgan fingerprint density at radius 3 is 1.95 bits per heavy atom. The summed E-state index contributed by atoms with van der Waals surface area (Å²) in [7, 11) is 0. The first-order valence-corrected chi connectivity index (χ1v) is 8.29. The highest BCUT2D eigenvalue weighted by Gasteiger charge is 1.93. The quantitative estimate of drug-likeness (QED) is 0.318. The van der Waals surface area contributed by atoms with E-state index in [0.29, 0.717) is 6.42 Å². The van der Waals surface area contributed by atoms with E-state index < -0.39 is 5.97 Å². The van der Waals surface area contributed by atoms with Gasteiger partial charge in [-0.05, 0) is 38.5 Å². The molecule has 0 heterocycles. The third kappa shape index (κ3) is 16.9. The van der Waals surface area contributed by atoms with Crippen molar-refractivity contribution in [1.82, 2.24) is 0 Å². The molecule has 0 radical (unpaired) electrons. The van der Waals surface area contributed by atoms with Crippen molar-refractivity contribution < 1.29 is 9.90 Å². The molecule has 0 spiro atoms. The van der Waals surface area contributed by atoms with Gasteiger partial charge in [-0.25, -0.2) is 0 Å². The van der Waals surface area contributed by atoms with Gasteiger partial charge in [0, 0.05) is 6.42 Å². The number of aliphatic carboxylic acids is 1. The molecule has 20 heavy (non-hydrogen) atoms. The van der Waals surface area contributed by atoms with Crippen LogP contribution in [0.25, 0.3) is 0 Å². The van der Waals surface area contributed by atoms with Gasteiger partial charge in [0.1, 0.15) is 0 Å². The first-order valence-electron chi connectivity index (χ1n) is 8.29. The van der Waals surface area contributed by atoms with E-state index >= 15 is 0 Å². The maximum Gasteiger partial charge on any atom is 0.303 e. The number of rotatable bonds is 14. The molecule has 116 valence electrons. The van der Waals surface area contributed by atoms with Crippen LogP contribution in [0.3, 0.4) is 0 Å². The van der Waals surface area contributed by atoms with Gasteiger partial charge in [-0.1, -0.05) is 63.3 Å². The van der Waals surface area contributed by atoms with E-state index in [1.54, 1.807) is 0 Å².